The van der Waals surface area contributed by atoms with Crippen LogP contribution in [-0.4, -0.2) is 20.4 Å². The van der Waals surface area contributed by atoms with Crippen molar-refractivity contribution >= 4 is 33.4 Å². The Labute approximate surface area is 218 Å². The second-order valence-electron chi connectivity index (χ2n) is 9.58. The number of aromatic amines is 1. The quantitative estimate of drug-likeness (QED) is 0.260. The summed E-state index contributed by atoms with van der Waals surface area (Å²) in [6.45, 7) is 0. The Morgan fingerprint density at radius 1 is 0.711 bits per heavy atom. The van der Waals surface area contributed by atoms with Gasteiger partial charge in [0.1, 0.15) is 5.82 Å². The third-order valence-corrected chi connectivity index (χ3v) is 7.32. The molecule has 1 aliphatic rings. The van der Waals surface area contributed by atoms with Crippen molar-refractivity contribution in [2.75, 3.05) is 5.32 Å². The first-order chi connectivity index (χ1) is 18.7. The molecule has 7 rings (SSSR count). The lowest BCUT2D eigenvalue weighted by atomic mass is 9.99. The fourth-order valence-corrected chi connectivity index (χ4v) is 5.57. The highest BCUT2D eigenvalue weighted by Crippen LogP contribution is 2.36. The Balaban J connectivity index is 1.50. The topological polar surface area (TPSA) is 79.8 Å². The Kier molecular flexibility index (Phi) is 5.18. The summed E-state index contributed by atoms with van der Waals surface area (Å²) in [5.41, 5.74) is 6.32. The first-order valence-corrected chi connectivity index (χ1v) is 12.8. The van der Waals surface area contributed by atoms with E-state index < -0.39 is 0 Å². The molecule has 6 nitrogen and oxygen atoms in total. The van der Waals surface area contributed by atoms with Gasteiger partial charge in [-0.3, -0.25) is 14.2 Å². The van der Waals surface area contributed by atoms with Crippen LogP contribution in [0.5, 0.6) is 0 Å². The Morgan fingerprint density at radius 3 is 2.32 bits per heavy atom. The first kappa shape index (κ1) is 22.2. The van der Waals surface area contributed by atoms with E-state index in [4.69, 9.17) is 4.98 Å². The molecule has 3 heterocycles. The maximum absolute atomic E-state index is 13.8. The molecule has 38 heavy (non-hydrogen) atoms. The van der Waals surface area contributed by atoms with Gasteiger partial charge in [0.05, 0.1) is 33.5 Å². The van der Waals surface area contributed by atoms with Gasteiger partial charge in [0.15, 0.2) is 0 Å². The molecular weight excluding hydrogens is 472 g/mol. The normalized spacial score (nSPS) is 13.3. The number of carbonyl (C=O) groups is 1. The van der Waals surface area contributed by atoms with Gasteiger partial charge in [0.2, 0.25) is 0 Å². The molecule has 0 unspecified atom stereocenters. The monoisotopic (exact) mass is 496 g/mol. The average molecular weight is 497 g/mol. The zero-order valence-electron chi connectivity index (χ0n) is 20.6. The number of aromatic nitrogens is 3. The number of hydrogen-bond donors (Lipinski definition) is 2. The molecule has 1 amide bonds. The Bertz CT molecular complexity index is 1930. The minimum atomic E-state index is -0.282. The molecule has 4 aromatic carbocycles. The molecule has 0 spiro atoms. The highest BCUT2D eigenvalue weighted by atomic mass is 16.2. The predicted octanol–water partition coefficient (Wildman–Crippen LogP) is 6.28. The molecule has 6 heteroatoms. The second kappa shape index (κ2) is 8.85. The highest BCUT2D eigenvalue weighted by Gasteiger charge is 2.22. The molecule has 2 aromatic heterocycles. The largest absolute Gasteiger partial charge is 0.354 e. The Morgan fingerprint density at radius 2 is 1.42 bits per heavy atom. The van der Waals surface area contributed by atoms with Gasteiger partial charge in [0, 0.05) is 22.9 Å². The van der Waals surface area contributed by atoms with E-state index >= 15 is 0 Å². The number of hydrogen-bond acceptors (Lipinski definition) is 3. The van der Waals surface area contributed by atoms with Gasteiger partial charge in [-0.2, -0.15) is 0 Å². The number of aryl methyl sites for hydroxylation is 2. The van der Waals surface area contributed by atoms with Crippen LogP contribution in [0.25, 0.3) is 38.8 Å². The summed E-state index contributed by atoms with van der Waals surface area (Å²) in [6, 6.07) is 30.7. The van der Waals surface area contributed by atoms with Crippen molar-refractivity contribution in [3.63, 3.8) is 0 Å². The van der Waals surface area contributed by atoms with E-state index in [0.717, 1.165) is 35.0 Å². The van der Waals surface area contributed by atoms with E-state index in [2.05, 4.69) is 22.4 Å². The van der Waals surface area contributed by atoms with Crippen LogP contribution in [0.15, 0.2) is 102 Å². The number of rotatable bonds is 0. The molecule has 0 fully saturated rings. The van der Waals surface area contributed by atoms with Crippen LogP contribution in [0, 0.1) is 0 Å². The zero-order valence-corrected chi connectivity index (χ0v) is 20.6. The van der Waals surface area contributed by atoms with Crippen molar-refractivity contribution in [1.82, 2.24) is 14.5 Å². The predicted molar refractivity (Wildman–Crippen MR) is 151 cm³/mol. The van der Waals surface area contributed by atoms with Crippen LogP contribution in [0.3, 0.4) is 0 Å². The summed E-state index contributed by atoms with van der Waals surface area (Å²) in [5, 5.41) is 4.82. The molecule has 184 valence electrons. The van der Waals surface area contributed by atoms with Crippen LogP contribution in [0.2, 0.25) is 0 Å². The smallest absolute Gasteiger partial charge is 0.265 e. The lowest BCUT2D eigenvalue weighted by Gasteiger charge is -2.17. The molecule has 0 saturated carbocycles. The van der Waals surface area contributed by atoms with E-state index in [1.807, 2.05) is 72.8 Å². The zero-order chi connectivity index (χ0) is 25.6. The van der Waals surface area contributed by atoms with E-state index in [-0.39, 0.29) is 11.5 Å². The van der Waals surface area contributed by atoms with Crippen molar-refractivity contribution in [3.8, 4) is 16.9 Å². The Hall–Kier alpha value is -4.97. The van der Waals surface area contributed by atoms with Crippen molar-refractivity contribution < 1.29 is 4.79 Å². The minimum Gasteiger partial charge on any atom is -0.354 e. The van der Waals surface area contributed by atoms with Gasteiger partial charge < -0.3 is 10.3 Å². The van der Waals surface area contributed by atoms with E-state index in [0.29, 0.717) is 40.1 Å². The summed E-state index contributed by atoms with van der Waals surface area (Å²) in [6.07, 6.45) is 2.15. The third-order valence-electron chi connectivity index (χ3n) is 7.32. The van der Waals surface area contributed by atoms with Crippen LogP contribution >= 0.6 is 0 Å². The van der Waals surface area contributed by atoms with E-state index in [1.54, 1.807) is 16.7 Å². The van der Waals surface area contributed by atoms with Crippen LogP contribution in [-0.2, 0) is 12.8 Å². The number of benzene rings is 4. The molecule has 0 bridgehead atoms. The van der Waals surface area contributed by atoms with Gasteiger partial charge in [-0.1, -0.05) is 60.7 Å². The molecule has 0 atom stereocenters. The molecule has 0 radical (unpaired) electrons. The molecule has 0 saturated heterocycles. The average Bonchev–Trinajstić information content (AvgIpc) is 3.31. The van der Waals surface area contributed by atoms with Crippen LogP contribution in [0.4, 0.5) is 5.69 Å². The number of H-pyrrole nitrogens is 1. The number of amides is 1. The summed E-state index contributed by atoms with van der Waals surface area (Å²) in [7, 11) is 0. The van der Waals surface area contributed by atoms with Crippen molar-refractivity contribution in [2.24, 2.45) is 0 Å². The maximum atomic E-state index is 13.8. The summed E-state index contributed by atoms with van der Waals surface area (Å²) >= 11 is 0. The minimum absolute atomic E-state index is 0.172. The van der Waals surface area contributed by atoms with Gasteiger partial charge in [-0.15, -0.1) is 0 Å². The number of fused-ring (bicyclic) bond motifs is 9. The molecule has 1 aliphatic heterocycles. The molecule has 2 N–H and O–H groups in total. The van der Waals surface area contributed by atoms with E-state index in [9.17, 15) is 9.59 Å². The lowest BCUT2D eigenvalue weighted by molar-refractivity contribution is 0.102. The summed E-state index contributed by atoms with van der Waals surface area (Å²) in [5.74, 6) is 0.364. The van der Waals surface area contributed by atoms with Crippen molar-refractivity contribution in [2.45, 2.75) is 19.3 Å². The molecule has 6 aromatic rings. The number of anilines is 1. The van der Waals surface area contributed by atoms with Crippen molar-refractivity contribution in [3.05, 3.63) is 124 Å². The standard InChI is InChI=1S/C32H24N4O2/c37-31-24-13-4-8-18-28(24)36-29(33-27-17-7-3-12-23(27)32(36)38)19-9-14-21-20-10-1-5-15-25(20)34-30(21)22-11-2-6-16-26(22)35-31/h1-8,10-13,15-18,34H,9,14,19H2,(H,35,37). The van der Waals surface area contributed by atoms with Gasteiger partial charge in [-0.25, -0.2) is 4.98 Å². The van der Waals surface area contributed by atoms with Gasteiger partial charge >= 0.3 is 0 Å². The molecular formula is C32H24N4O2. The van der Waals surface area contributed by atoms with Crippen LogP contribution in [0.1, 0.15) is 28.2 Å². The fourth-order valence-electron chi connectivity index (χ4n) is 5.57. The van der Waals surface area contributed by atoms with E-state index in [1.165, 1.54) is 5.56 Å². The SMILES string of the molecule is O=C1Nc2ccccc2-c2[nH]c3ccccc3c2CCCc2nc3ccccc3c(=O)n2-c2ccccc21. The number of para-hydroxylation sites is 4. The maximum Gasteiger partial charge on any atom is 0.265 e. The lowest BCUT2D eigenvalue weighted by Crippen LogP contribution is -2.26. The second-order valence-corrected chi connectivity index (χ2v) is 9.58. The number of nitrogens with zero attached hydrogens (tertiary/aromatic N) is 2. The third kappa shape index (κ3) is 3.53. The number of carbonyl (C=O) groups excluding carboxylic acids is 1. The summed E-state index contributed by atoms with van der Waals surface area (Å²) < 4.78 is 1.62. The molecule has 0 aliphatic carbocycles. The summed E-state index contributed by atoms with van der Waals surface area (Å²) in [4.78, 5) is 36.2. The van der Waals surface area contributed by atoms with Crippen LogP contribution < -0.4 is 10.9 Å². The fraction of sp³-hybridized carbons (Fsp3) is 0.0938. The highest BCUT2D eigenvalue weighted by molar-refractivity contribution is 6.09. The van der Waals surface area contributed by atoms with Gasteiger partial charge in [0.25, 0.3) is 11.5 Å². The number of nitrogens with one attached hydrogen (secondary N) is 2. The van der Waals surface area contributed by atoms with Gasteiger partial charge in [-0.05, 0) is 54.8 Å². The first-order valence-electron chi connectivity index (χ1n) is 12.8. The van der Waals surface area contributed by atoms with Crippen molar-refractivity contribution in [1.29, 1.82) is 0 Å².